The molecule has 0 saturated carbocycles. The minimum Gasteiger partial charge on any atom is -0.478 e. The zero-order chi connectivity index (χ0) is 16.7. The number of rotatable bonds is 3. The van der Waals surface area contributed by atoms with Gasteiger partial charge in [0.2, 0.25) is 0 Å². The first-order valence-corrected chi connectivity index (χ1v) is 6.95. The van der Waals surface area contributed by atoms with Gasteiger partial charge < -0.3 is 10.2 Å². The van der Waals surface area contributed by atoms with E-state index in [0.29, 0.717) is 11.5 Å². The molecule has 116 valence electrons. The Hall–Kier alpha value is -2.62. The summed E-state index contributed by atoms with van der Waals surface area (Å²) in [7, 11) is 0. The molecule has 2 aromatic rings. The molecule has 0 saturated heterocycles. The van der Waals surface area contributed by atoms with Crippen molar-refractivity contribution in [3.63, 3.8) is 0 Å². The van der Waals surface area contributed by atoms with Gasteiger partial charge in [-0.25, -0.2) is 9.59 Å². The van der Waals surface area contributed by atoms with Crippen LogP contribution in [-0.4, -0.2) is 22.2 Å². The summed E-state index contributed by atoms with van der Waals surface area (Å²) in [5, 5.41) is 17.3. The first kappa shape index (κ1) is 17.4. The molecule has 0 fully saturated rings. The quantitative estimate of drug-likeness (QED) is 0.890. The number of carbonyl (C=O) groups is 2. The van der Waals surface area contributed by atoms with Crippen molar-refractivity contribution in [2.24, 2.45) is 0 Å². The van der Waals surface area contributed by atoms with Crippen molar-refractivity contribution in [2.75, 3.05) is 0 Å². The Morgan fingerprint density at radius 2 is 1.50 bits per heavy atom. The van der Waals surface area contributed by atoms with E-state index in [2.05, 4.69) is 38.1 Å². The SMILES string of the molecule is CC(C)c1ccccc1.Cc1ccc(C(=O)O)cc1C(=O)O. The van der Waals surface area contributed by atoms with Gasteiger partial charge in [-0.3, -0.25) is 0 Å². The van der Waals surface area contributed by atoms with Crippen molar-refractivity contribution >= 4 is 11.9 Å². The van der Waals surface area contributed by atoms with E-state index in [1.54, 1.807) is 6.92 Å². The normalized spacial score (nSPS) is 9.82. The number of aryl methyl sites for hydroxylation is 1. The Morgan fingerprint density at radius 1 is 0.909 bits per heavy atom. The fourth-order valence-corrected chi connectivity index (χ4v) is 1.82. The molecule has 0 radical (unpaired) electrons. The molecular weight excluding hydrogens is 280 g/mol. The van der Waals surface area contributed by atoms with Crippen LogP contribution in [0.25, 0.3) is 0 Å². The maximum atomic E-state index is 10.6. The monoisotopic (exact) mass is 300 g/mol. The Balaban J connectivity index is 0.000000235. The number of aromatic carboxylic acids is 2. The molecule has 0 heterocycles. The number of hydrogen-bond donors (Lipinski definition) is 2. The van der Waals surface area contributed by atoms with E-state index >= 15 is 0 Å². The number of carboxylic acids is 2. The molecule has 0 spiro atoms. The first-order chi connectivity index (χ1) is 10.3. The highest BCUT2D eigenvalue weighted by Crippen LogP contribution is 2.12. The van der Waals surface area contributed by atoms with Crippen LogP contribution in [0.15, 0.2) is 48.5 Å². The molecule has 2 rings (SSSR count). The maximum Gasteiger partial charge on any atom is 0.335 e. The standard InChI is InChI=1S/C9H8O4.C9H12/c1-5-2-3-6(8(10)11)4-7(5)9(12)13;1-8(2)9-6-4-3-5-7-9/h2-4H,1H3,(H,10,11)(H,12,13);3-8H,1-2H3. The van der Waals surface area contributed by atoms with Crippen molar-refractivity contribution in [3.8, 4) is 0 Å². The van der Waals surface area contributed by atoms with Crippen LogP contribution in [0.4, 0.5) is 0 Å². The number of hydrogen-bond acceptors (Lipinski definition) is 2. The second-order valence-electron chi connectivity index (χ2n) is 5.21. The highest BCUT2D eigenvalue weighted by atomic mass is 16.4. The second kappa shape index (κ2) is 7.98. The first-order valence-electron chi connectivity index (χ1n) is 6.95. The average molecular weight is 300 g/mol. The van der Waals surface area contributed by atoms with Gasteiger partial charge >= 0.3 is 11.9 Å². The van der Waals surface area contributed by atoms with Gasteiger partial charge in [0.15, 0.2) is 0 Å². The predicted molar refractivity (Wildman–Crippen MR) is 85.6 cm³/mol. The Kier molecular flexibility index (Phi) is 6.32. The summed E-state index contributed by atoms with van der Waals surface area (Å²) in [6.07, 6.45) is 0. The summed E-state index contributed by atoms with van der Waals surface area (Å²) >= 11 is 0. The Bertz CT molecular complexity index is 645. The van der Waals surface area contributed by atoms with Crippen LogP contribution in [0.1, 0.15) is 51.6 Å². The highest BCUT2D eigenvalue weighted by Gasteiger charge is 2.10. The molecule has 0 aliphatic carbocycles. The largest absolute Gasteiger partial charge is 0.478 e. The predicted octanol–water partition coefficient (Wildman–Crippen LogP) is 4.20. The molecule has 0 unspecified atom stereocenters. The van der Waals surface area contributed by atoms with Crippen molar-refractivity contribution in [2.45, 2.75) is 26.7 Å². The van der Waals surface area contributed by atoms with Crippen LogP contribution in [0.5, 0.6) is 0 Å². The third-order valence-electron chi connectivity index (χ3n) is 3.18. The van der Waals surface area contributed by atoms with Crippen LogP contribution in [0, 0.1) is 6.92 Å². The molecule has 4 heteroatoms. The van der Waals surface area contributed by atoms with E-state index < -0.39 is 11.9 Å². The van der Waals surface area contributed by atoms with Crippen LogP contribution in [0.2, 0.25) is 0 Å². The summed E-state index contributed by atoms with van der Waals surface area (Å²) in [5.74, 6) is -1.57. The van der Waals surface area contributed by atoms with Gasteiger partial charge in [-0.2, -0.15) is 0 Å². The van der Waals surface area contributed by atoms with E-state index in [-0.39, 0.29) is 11.1 Å². The number of benzene rings is 2. The molecule has 0 aliphatic rings. The number of carboxylic acid groups (broad SMARTS) is 2. The van der Waals surface area contributed by atoms with E-state index in [9.17, 15) is 9.59 Å². The highest BCUT2D eigenvalue weighted by molar-refractivity contribution is 5.94. The van der Waals surface area contributed by atoms with Crippen molar-refractivity contribution in [1.82, 2.24) is 0 Å². The van der Waals surface area contributed by atoms with Crippen molar-refractivity contribution in [1.29, 1.82) is 0 Å². The van der Waals surface area contributed by atoms with Gasteiger partial charge in [-0.15, -0.1) is 0 Å². The van der Waals surface area contributed by atoms with Crippen LogP contribution >= 0.6 is 0 Å². The molecular formula is C18H20O4. The zero-order valence-electron chi connectivity index (χ0n) is 12.9. The van der Waals surface area contributed by atoms with E-state index in [1.165, 1.54) is 17.7 Å². The lowest BCUT2D eigenvalue weighted by Crippen LogP contribution is -2.03. The molecule has 0 atom stereocenters. The van der Waals surface area contributed by atoms with Crippen LogP contribution in [0.3, 0.4) is 0 Å². The third kappa shape index (κ3) is 5.05. The molecule has 0 amide bonds. The van der Waals surface area contributed by atoms with Gasteiger partial charge in [0.05, 0.1) is 11.1 Å². The third-order valence-corrected chi connectivity index (χ3v) is 3.18. The zero-order valence-corrected chi connectivity index (χ0v) is 12.9. The lowest BCUT2D eigenvalue weighted by atomic mass is 10.0. The van der Waals surface area contributed by atoms with Gasteiger partial charge in [-0.1, -0.05) is 50.2 Å². The fraction of sp³-hybridized carbons (Fsp3) is 0.222. The summed E-state index contributed by atoms with van der Waals surface area (Å²) in [6.45, 7) is 6.03. The lowest BCUT2D eigenvalue weighted by molar-refractivity contribution is 0.0695. The van der Waals surface area contributed by atoms with Crippen molar-refractivity contribution < 1.29 is 19.8 Å². The fourth-order valence-electron chi connectivity index (χ4n) is 1.82. The van der Waals surface area contributed by atoms with E-state index in [1.807, 2.05) is 6.07 Å². The summed E-state index contributed by atoms with van der Waals surface area (Å²) in [6, 6.07) is 14.5. The molecule has 0 aliphatic heterocycles. The Morgan fingerprint density at radius 3 is 1.91 bits per heavy atom. The second-order valence-corrected chi connectivity index (χ2v) is 5.21. The smallest absolute Gasteiger partial charge is 0.335 e. The summed E-state index contributed by atoms with van der Waals surface area (Å²) in [5.41, 5.74) is 1.98. The van der Waals surface area contributed by atoms with Gasteiger partial charge in [0.1, 0.15) is 0 Å². The van der Waals surface area contributed by atoms with Crippen LogP contribution in [-0.2, 0) is 0 Å². The van der Waals surface area contributed by atoms with Crippen molar-refractivity contribution in [3.05, 3.63) is 70.8 Å². The summed E-state index contributed by atoms with van der Waals surface area (Å²) < 4.78 is 0. The minimum atomic E-state index is -1.12. The Labute approximate surface area is 130 Å². The van der Waals surface area contributed by atoms with Gasteiger partial charge in [-0.05, 0) is 36.1 Å². The summed E-state index contributed by atoms with van der Waals surface area (Å²) in [4.78, 5) is 21.1. The average Bonchev–Trinajstić information content (AvgIpc) is 2.48. The topological polar surface area (TPSA) is 74.6 Å². The lowest BCUT2D eigenvalue weighted by Gasteiger charge is -2.01. The molecule has 4 nitrogen and oxygen atoms in total. The maximum absolute atomic E-state index is 10.6. The van der Waals surface area contributed by atoms with E-state index in [4.69, 9.17) is 10.2 Å². The van der Waals surface area contributed by atoms with E-state index in [0.717, 1.165) is 6.07 Å². The van der Waals surface area contributed by atoms with Gasteiger partial charge in [0.25, 0.3) is 0 Å². The van der Waals surface area contributed by atoms with Gasteiger partial charge in [0, 0.05) is 0 Å². The minimum absolute atomic E-state index is 0.0111. The molecule has 22 heavy (non-hydrogen) atoms. The molecule has 0 aromatic heterocycles. The molecule has 2 aromatic carbocycles. The van der Waals surface area contributed by atoms with Crippen LogP contribution < -0.4 is 0 Å². The molecule has 0 bridgehead atoms. The molecule has 2 N–H and O–H groups in total.